The van der Waals surface area contributed by atoms with Gasteiger partial charge in [-0.05, 0) is 44.4 Å². The number of unbranched alkanes of at least 4 members (excludes halogenated alkanes) is 1. The van der Waals surface area contributed by atoms with Crippen molar-refractivity contribution < 1.29 is 4.79 Å². The van der Waals surface area contributed by atoms with Crippen LogP contribution in [0.4, 0.5) is 0 Å². The first-order chi connectivity index (χ1) is 10.3. The molecule has 0 bridgehead atoms. The Morgan fingerprint density at radius 2 is 1.76 bits per heavy atom. The highest BCUT2D eigenvalue weighted by atomic mass is 16.2. The van der Waals surface area contributed by atoms with Gasteiger partial charge in [0.15, 0.2) is 0 Å². The van der Waals surface area contributed by atoms with Crippen molar-refractivity contribution in [2.45, 2.75) is 83.6 Å². The Morgan fingerprint density at radius 3 is 2.33 bits per heavy atom. The second-order valence-corrected chi connectivity index (χ2v) is 7.12. The molecule has 3 nitrogen and oxygen atoms in total. The summed E-state index contributed by atoms with van der Waals surface area (Å²) in [5.41, 5.74) is 5.75. The van der Waals surface area contributed by atoms with E-state index in [1.165, 1.54) is 57.8 Å². The van der Waals surface area contributed by atoms with Gasteiger partial charge < -0.3 is 10.6 Å². The number of nitrogens with two attached hydrogens (primary N) is 1. The zero-order valence-corrected chi connectivity index (χ0v) is 13.9. The van der Waals surface area contributed by atoms with Crippen molar-refractivity contribution in [2.24, 2.45) is 17.6 Å². The fourth-order valence-electron chi connectivity index (χ4n) is 4.25. The molecule has 0 spiro atoms. The van der Waals surface area contributed by atoms with Gasteiger partial charge >= 0.3 is 0 Å². The molecule has 0 unspecified atom stereocenters. The Morgan fingerprint density at radius 1 is 1.10 bits per heavy atom. The van der Waals surface area contributed by atoms with Crippen LogP contribution in [0.1, 0.15) is 77.6 Å². The van der Waals surface area contributed by atoms with Crippen molar-refractivity contribution in [3.63, 3.8) is 0 Å². The van der Waals surface area contributed by atoms with Gasteiger partial charge in [0.1, 0.15) is 0 Å². The summed E-state index contributed by atoms with van der Waals surface area (Å²) >= 11 is 0. The molecule has 21 heavy (non-hydrogen) atoms. The molecule has 1 amide bonds. The Labute approximate surface area is 130 Å². The molecule has 0 radical (unpaired) electrons. The quantitative estimate of drug-likeness (QED) is 0.778. The molecule has 2 saturated carbocycles. The molecule has 0 saturated heterocycles. The zero-order valence-electron chi connectivity index (χ0n) is 13.9. The lowest BCUT2D eigenvalue weighted by molar-refractivity contribution is -0.139. The predicted molar refractivity (Wildman–Crippen MR) is 88.0 cm³/mol. The lowest BCUT2D eigenvalue weighted by Crippen LogP contribution is -2.45. The first-order valence-corrected chi connectivity index (χ1v) is 9.26. The average Bonchev–Trinajstić information content (AvgIpc) is 3.04. The van der Waals surface area contributed by atoms with E-state index < -0.39 is 0 Å². The van der Waals surface area contributed by atoms with E-state index in [0.717, 1.165) is 25.3 Å². The van der Waals surface area contributed by atoms with Crippen molar-refractivity contribution >= 4 is 5.91 Å². The van der Waals surface area contributed by atoms with Crippen molar-refractivity contribution in [1.29, 1.82) is 0 Å². The van der Waals surface area contributed by atoms with E-state index in [4.69, 9.17) is 5.73 Å². The van der Waals surface area contributed by atoms with Gasteiger partial charge in [-0.1, -0.05) is 39.0 Å². The van der Waals surface area contributed by atoms with E-state index in [-0.39, 0.29) is 5.92 Å². The van der Waals surface area contributed by atoms with E-state index >= 15 is 0 Å². The second kappa shape index (κ2) is 8.77. The lowest BCUT2D eigenvalue weighted by atomic mass is 9.79. The number of rotatable bonds is 7. The molecule has 0 aromatic heterocycles. The van der Waals surface area contributed by atoms with Gasteiger partial charge in [0, 0.05) is 25.0 Å². The molecule has 2 rings (SSSR count). The number of carbonyl (C=O) groups excluding carboxylic acids is 1. The zero-order chi connectivity index (χ0) is 15.1. The van der Waals surface area contributed by atoms with E-state index in [1.54, 1.807) is 0 Å². The van der Waals surface area contributed by atoms with Crippen LogP contribution in [0, 0.1) is 11.8 Å². The normalized spacial score (nSPS) is 27.0. The van der Waals surface area contributed by atoms with Crippen molar-refractivity contribution in [3.05, 3.63) is 0 Å². The Bertz CT molecular complexity index is 304. The molecule has 0 aliphatic heterocycles. The van der Waals surface area contributed by atoms with Gasteiger partial charge in [-0.2, -0.15) is 0 Å². The smallest absolute Gasteiger partial charge is 0.225 e. The molecule has 2 fully saturated rings. The molecule has 2 aliphatic carbocycles. The topological polar surface area (TPSA) is 46.3 Å². The Balaban J connectivity index is 1.83. The number of hydrogen-bond donors (Lipinski definition) is 1. The minimum atomic E-state index is 0.287. The number of hydrogen-bond acceptors (Lipinski definition) is 2. The van der Waals surface area contributed by atoms with Crippen LogP contribution >= 0.6 is 0 Å². The van der Waals surface area contributed by atoms with Crippen LogP contribution in [0.15, 0.2) is 0 Å². The molecule has 3 heteroatoms. The largest absolute Gasteiger partial charge is 0.338 e. The van der Waals surface area contributed by atoms with Gasteiger partial charge in [-0.25, -0.2) is 0 Å². The monoisotopic (exact) mass is 294 g/mol. The maximum atomic E-state index is 12.9. The maximum Gasteiger partial charge on any atom is 0.225 e. The summed E-state index contributed by atoms with van der Waals surface area (Å²) in [4.78, 5) is 15.0. The second-order valence-electron chi connectivity index (χ2n) is 7.12. The van der Waals surface area contributed by atoms with Crippen molar-refractivity contribution in [2.75, 3.05) is 13.1 Å². The summed E-state index contributed by atoms with van der Waals surface area (Å²) in [6.45, 7) is 3.63. The molecule has 2 aliphatic rings. The highest BCUT2D eigenvalue weighted by Gasteiger charge is 2.33. The van der Waals surface area contributed by atoms with Gasteiger partial charge in [0.25, 0.3) is 0 Å². The van der Waals surface area contributed by atoms with E-state index in [0.29, 0.717) is 18.5 Å². The fraction of sp³-hybridized carbons (Fsp3) is 0.944. The summed E-state index contributed by atoms with van der Waals surface area (Å²) in [6, 6.07) is 0.485. The molecule has 0 aromatic carbocycles. The highest BCUT2D eigenvalue weighted by molar-refractivity contribution is 5.79. The maximum absolute atomic E-state index is 12.9. The minimum absolute atomic E-state index is 0.287. The first-order valence-electron chi connectivity index (χ1n) is 9.26. The summed E-state index contributed by atoms with van der Waals surface area (Å²) in [7, 11) is 0. The van der Waals surface area contributed by atoms with Crippen LogP contribution < -0.4 is 5.73 Å². The molecular weight excluding hydrogens is 260 g/mol. The summed E-state index contributed by atoms with van der Waals surface area (Å²) < 4.78 is 0. The van der Waals surface area contributed by atoms with Gasteiger partial charge in [-0.15, -0.1) is 0 Å². The standard InChI is InChI=1S/C18H34N2O/c1-2-3-6-15-9-11-16(12-10-15)18(21)20(14-13-19)17-7-4-5-8-17/h15-17H,2-14,19H2,1H3. The van der Waals surface area contributed by atoms with Gasteiger partial charge in [0.2, 0.25) is 5.91 Å². The van der Waals surface area contributed by atoms with Crippen molar-refractivity contribution in [3.8, 4) is 0 Å². The van der Waals surface area contributed by atoms with Crippen molar-refractivity contribution in [1.82, 2.24) is 4.90 Å². The molecule has 0 atom stereocenters. The molecule has 0 aromatic rings. The van der Waals surface area contributed by atoms with Crippen LogP contribution in [0.25, 0.3) is 0 Å². The first kappa shape index (κ1) is 16.8. The Kier molecular flexibility index (Phi) is 7.01. The fourth-order valence-corrected chi connectivity index (χ4v) is 4.25. The third-order valence-electron chi connectivity index (χ3n) is 5.58. The third kappa shape index (κ3) is 4.70. The minimum Gasteiger partial charge on any atom is -0.338 e. The predicted octanol–water partition coefficient (Wildman–Crippen LogP) is 3.71. The van der Waals surface area contributed by atoms with E-state index in [1.807, 2.05) is 0 Å². The summed E-state index contributed by atoms with van der Waals surface area (Å²) in [6.07, 6.45) is 13.7. The molecule has 122 valence electrons. The van der Waals surface area contributed by atoms with Crippen LogP contribution in [-0.4, -0.2) is 29.9 Å². The third-order valence-corrected chi connectivity index (χ3v) is 5.58. The molecular formula is C18H34N2O. The van der Waals surface area contributed by atoms with Crippen LogP contribution in [0.2, 0.25) is 0 Å². The van der Waals surface area contributed by atoms with Gasteiger partial charge in [0.05, 0.1) is 0 Å². The van der Waals surface area contributed by atoms with E-state index in [2.05, 4.69) is 11.8 Å². The highest BCUT2D eigenvalue weighted by Crippen LogP contribution is 2.34. The number of carbonyl (C=O) groups is 1. The molecule has 2 N–H and O–H groups in total. The number of nitrogens with zero attached hydrogens (tertiary/aromatic N) is 1. The molecule has 0 heterocycles. The SMILES string of the molecule is CCCCC1CCC(C(=O)N(CCN)C2CCCC2)CC1. The lowest BCUT2D eigenvalue weighted by Gasteiger charge is -2.35. The summed E-state index contributed by atoms with van der Waals surface area (Å²) in [5, 5.41) is 0. The summed E-state index contributed by atoms with van der Waals surface area (Å²) in [5.74, 6) is 1.58. The van der Waals surface area contributed by atoms with Crippen LogP contribution in [0.3, 0.4) is 0 Å². The van der Waals surface area contributed by atoms with Crippen LogP contribution in [0.5, 0.6) is 0 Å². The average molecular weight is 294 g/mol. The Hall–Kier alpha value is -0.570. The van der Waals surface area contributed by atoms with Gasteiger partial charge in [-0.3, -0.25) is 4.79 Å². The number of amides is 1. The van der Waals surface area contributed by atoms with Crippen LogP contribution in [-0.2, 0) is 4.79 Å². The van der Waals surface area contributed by atoms with E-state index in [9.17, 15) is 4.79 Å².